The first-order valence-corrected chi connectivity index (χ1v) is 11.9. The van der Waals surface area contributed by atoms with Gasteiger partial charge in [-0.1, -0.05) is 13.0 Å². The fourth-order valence-electron chi connectivity index (χ4n) is 4.96. The van der Waals surface area contributed by atoms with Crippen LogP contribution in [0, 0.1) is 5.92 Å². The molecule has 0 unspecified atom stereocenters. The molecule has 2 aromatic heterocycles. The van der Waals surface area contributed by atoms with Crippen molar-refractivity contribution in [2.75, 3.05) is 50.1 Å². The Kier molecular flexibility index (Phi) is 5.13. The topological polar surface area (TPSA) is 87.6 Å². The molecule has 3 aliphatic heterocycles. The molecule has 3 aromatic rings. The van der Waals surface area contributed by atoms with Crippen LogP contribution in [-0.2, 0) is 13.1 Å². The van der Waals surface area contributed by atoms with Crippen LogP contribution in [0.3, 0.4) is 0 Å². The third-order valence-electron chi connectivity index (χ3n) is 6.92. The van der Waals surface area contributed by atoms with Gasteiger partial charge in [0, 0.05) is 38.6 Å². The number of pyridine rings is 1. The zero-order chi connectivity index (χ0) is 23.2. The Bertz CT molecular complexity index is 1230. The highest BCUT2D eigenvalue weighted by Gasteiger charge is 2.29. The summed E-state index contributed by atoms with van der Waals surface area (Å²) in [6.07, 6.45) is 3.75. The molecule has 1 aromatic carbocycles. The first-order chi connectivity index (χ1) is 16.6. The second kappa shape index (κ2) is 8.32. The van der Waals surface area contributed by atoms with Crippen LogP contribution in [0.5, 0.6) is 5.88 Å². The molecule has 1 atom stereocenters. The maximum atomic E-state index is 12.8. The Hall–Kier alpha value is -3.59. The number of ether oxygens (including phenoxy) is 1. The molecule has 1 fully saturated rings. The van der Waals surface area contributed by atoms with Gasteiger partial charge in [0.1, 0.15) is 5.82 Å². The number of amides is 1. The van der Waals surface area contributed by atoms with Crippen LogP contribution in [0.2, 0.25) is 0 Å². The number of anilines is 3. The minimum atomic E-state index is -0.0796. The van der Waals surface area contributed by atoms with E-state index in [0.717, 1.165) is 66.7 Å². The number of hydrogen-bond donors (Lipinski definition) is 2. The molecule has 2 N–H and O–H groups in total. The molecule has 9 heteroatoms. The van der Waals surface area contributed by atoms with Gasteiger partial charge in [0.25, 0.3) is 5.91 Å². The van der Waals surface area contributed by atoms with Gasteiger partial charge in [0.15, 0.2) is 0 Å². The average Bonchev–Trinajstić information content (AvgIpc) is 3.44. The van der Waals surface area contributed by atoms with E-state index in [9.17, 15) is 4.79 Å². The van der Waals surface area contributed by atoms with Crippen LogP contribution in [0.25, 0.3) is 11.1 Å². The van der Waals surface area contributed by atoms with Crippen molar-refractivity contribution in [3.8, 4) is 17.0 Å². The Balaban J connectivity index is 1.28. The molecule has 176 valence electrons. The number of rotatable bonds is 4. The van der Waals surface area contributed by atoms with Gasteiger partial charge in [-0.15, -0.1) is 0 Å². The second-order valence-electron chi connectivity index (χ2n) is 9.48. The summed E-state index contributed by atoms with van der Waals surface area (Å²) in [6, 6.07) is 8.06. The van der Waals surface area contributed by atoms with Crippen LogP contribution in [0.1, 0.15) is 22.8 Å². The number of likely N-dealkylation sites (N-methyl/N-ethyl adjacent to an activating group) is 1. The third kappa shape index (κ3) is 3.66. The molecule has 1 amide bonds. The minimum absolute atomic E-state index is 0.0796. The number of nitrogens with zero attached hydrogens (tertiary/aromatic N) is 5. The van der Waals surface area contributed by atoms with Crippen molar-refractivity contribution < 1.29 is 9.53 Å². The zero-order valence-corrected chi connectivity index (χ0v) is 19.5. The van der Waals surface area contributed by atoms with Crippen LogP contribution >= 0.6 is 0 Å². The molecule has 5 heterocycles. The summed E-state index contributed by atoms with van der Waals surface area (Å²) in [5.74, 6) is 1.84. The molecule has 3 aliphatic rings. The molecule has 0 spiro atoms. The molecule has 0 bridgehead atoms. The Morgan fingerprint density at radius 1 is 1.09 bits per heavy atom. The van der Waals surface area contributed by atoms with Crippen molar-refractivity contribution >= 4 is 23.1 Å². The SMILES string of the molecule is C[C@@H]1COc2c(-c3ccc(Nc4ccc(N5CCN(C)CC5)cn4)c4c3CNC4=O)cnn2C1. The molecule has 6 rings (SSSR count). The lowest BCUT2D eigenvalue weighted by atomic mass is 9.97. The summed E-state index contributed by atoms with van der Waals surface area (Å²) >= 11 is 0. The second-order valence-corrected chi connectivity index (χ2v) is 9.48. The fraction of sp³-hybridized carbons (Fsp3) is 0.400. The van der Waals surface area contributed by atoms with Gasteiger partial charge >= 0.3 is 0 Å². The molecule has 34 heavy (non-hydrogen) atoms. The number of fused-ring (bicyclic) bond motifs is 2. The highest BCUT2D eigenvalue weighted by Crippen LogP contribution is 2.40. The monoisotopic (exact) mass is 459 g/mol. The van der Waals surface area contributed by atoms with Gasteiger partial charge in [-0.2, -0.15) is 5.10 Å². The summed E-state index contributed by atoms with van der Waals surface area (Å²) in [7, 11) is 2.15. The number of piperazine rings is 1. The lowest BCUT2D eigenvalue weighted by Crippen LogP contribution is -2.44. The molecular weight excluding hydrogens is 430 g/mol. The number of carbonyl (C=O) groups is 1. The number of nitrogens with one attached hydrogen (secondary N) is 2. The van der Waals surface area contributed by atoms with E-state index < -0.39 is 0 Å². The Labute approximate surface area is 198 Å². The predicted octanol–water partition coefficient (Wildman–Crippen LogP) is 2.71. The Morgan fingerprint density at radius 2 is 1.94 bits per heavy atom. The fourth-order valence-corrected chi connectivity index (χ4v) is 4.96. The largest absolute Gasteiger partial charge is 0.477 e. The molecule has 0 aliphatic carbocycles. The van der Waals surface area contributed by atoms with Crippen molar-refractivity contribution in [2.45, 2.75) is 20.0 Å². The molecule has 0 radical (unpaired) electrons. The van der Waals surface area contributed by atoms with Gasteiger partial charge in [-0.05, 0) is 36.4 Å². The van der Waals surface area contributed by atoms with Crippen LogP contribution in [-0.4, -0.2) is 65.4 Å². The van der Waals surface area contributed by atoms with Gasteiger partial charge < -0.3 is 25.2 Å². The molecule has 0 saturated carbocycles. The summed E-state index contributed by atoms with van der Waals surface area (Å²) in [4.78, 5) is 22.1. The maximum Gasteiger partial charge on any atom is 0.254 e. The van der Waals surface area contributed by atoms with Crippen LogP contribution in [0.4, 0.5) is 17.2 Å². The van der Waals surface area contributed by atoms with Gasteiger partial charge in [0.2, 0.25) is 5.88 Å². The number of hydrogen-bond acceptors (Lipinski definition) is 7. The van der Waals surface area contributed by atoms with E-state index >= 15 is 0 Å². The summed E-state index contributed by atoms with van der Waals surface area (Å²) < 4.78 is 7.92. The highest BCUT2D eigenvalue weighted by atomic mass is 16.5. The first-order valence-electron chi connectivity index (χ1n) is 11.9. The standard InChI is InChI=1S/C25H29N7O2/c1-16-14-32-25(34-15-16)20(13-28-32)18-4-5-21(23-19(18)12-27-24(23)33)29-22-6-3-17(11-26-22)31-9-7-30(2)8-10-31/h3-6,11,13,16H,7-10,12,14-15H2,1-2H3,(H,26,29)(H,27,33)/t16-/m0/s1. The maximum absolute atomic E-state index is 12.8. The Morgan fingerprint density at radius 3 is 2.74 bits per heavy atom. The smallest absolute Gasteiger partial charge is 0.254 e. The summed E-state index contributed by atoms with van der Waals surface area (Å²) in [5, 5.41) is 10.9. The van der Waals surface area contributed by atoms with E-state index in [0.29, 0.717) is 30.5 Å². The predicted molar refractivity (Wildman–Crippen MR) is 131 cm³/mol. The summed E-state index contributed by atoms with van der Waals surface area (Å²) in [5.41, 5.74) is 5.41. The minimum Gasteiger partial charge on any atom is -0.477 e. The van der Waals surface area contributed by atoms with Crippen molar-refractivity contribution in [2.24, 2.45) is 5.92 Å². The van der Waals surface area contributed by atoms with Crippen LogP contribution < -0.4 is 20.3 Å². The molecular formula is C25H29N7O2. The van der Waals surface area contributed by atoms with E-state index in [4.69, 9.17) is 4.74 Å². The first kappa shape index (κ1) is 21.0. The van der Waals surface area contributed by atoms with Crippen molar-refractivity contribution in [3.05, 3.63) is 47.8 Å². The van der Waals surface area contributed by atoms with Crippen molar-refractivity contribution in [3.63, 3.8) is 0 Å². The molecule has 9 nitrogen and oxygen atoms in total. The van der Waals surface area contributed by atoms with Crippen molar-refractivity contribution in [1.29, 1.82) is 0 Å². The van der Waals surface area contributed by atoms with E-state index in [1.807, 2.05) is 35.3 Å². The normalized spacial score (nSPS) is 19.9. The average molecular weight is 460 g/mol. The van der Waals surface area contributed by atoms with Crippen LogP contribution in [0.15, 0.2) is 36.7 Å². The van der Waals surface area contributed by atoms with Crippen molar-refractivity contribution in [1.82, 2.24) is 25.0 Å². The van der Waals surface area contributed by atoms with Gasteiger partial charge in [0.05, 0.1) is 48.0 Å². The third-order valence-corrected chi connectivity index (χ3v) is 6.92. The number of carbonyl (C=O) groups excluding carboxylic acids is 1. The van der Waals surface area contributed by atoms with E-state index in [1.165, 1.54) is 0 Å². The number of benzene rings is 1. The summed E-state index contributed by atoms with van der Waals surface area (Å²) in [6.45, 7) is 8.25. The lowest BCUT2D eigenvalue weighted by Gasteiger charge is -2.33. The quantitative estimate of drug-likeness (QED) is 0.620. The molecule has 1 saturated heterocycles. The van der Waals surface area contributed by atoms with E-state index in [2.05, 4.69) is 50.6 Å². The highest BCUT2D eigenvalue weighted by molar-refractivity contribution is 6.06. The van der Waals surface area contributed by atoms with E-state index in [-0.39, 0.29) is 5.91 Å². The van der Waals surface area contributed by atoms with E-state index in [1.54, 1.807) is 0 Å². The van der Waals surface area contributed by atoms with Gasteiger partial charge in [-0.3, -0.25) is 4.79 Å². The zero-order valence-electron chi connectivity index (χ0n) is 19.5. The lowest BCUT2D eigenvalue weighted by molar-refractivity contribution is 0.0966. The van der Waals surface area contributed by atoms with Gasteiger partial charge in [-0.25, -0.2) is 9.67 Å². The number of aromatic nitrogens is 3.